The fourth-order valence-corrected chi connectivity index (χ4v) is 19.0. The number of carbonyl (C=O) groups excluding carboxylic acids is 10. The molecule has 0 amide bonds. The van der Waals surface area contributed by atoms with Gasteiger partial charge in [0.15, 0.2) is 6.16 Å². The van der Waals surface area contributed by atoms with E-state index >= 15 is 0 Å². The number of esters is 5. The van der Waals surface area contributed by atoms with Crippen LogP contribution in [0.25, 0.3) is 0 Å². The van der Waals surface area contributed by atoms with Crippen molar-refractivity contribution in [3.63, 3.8) is 0 Å². The maximum atomic E-state index is 12.6. The van der Waals surface area contributed by atoms with E-state index in [2.05, 4.69) is 115 Å². The third-order valence-corrected chi connectivity index (χ3v) is 26.4. The number of carboxylic acids is 2. The molecule has 23 heteroatoms. The second kappa shape index (κ2) is 80.3. The van der Waals surface area contributed by atoms with Crippen molar-refractivity contribution in [2.75, 3.05) is 45.4 Å². The van der Waals surface area contributed by atoms with Crippen LogP contribution in [0, 0.1) is 0 Å². The first-order chi connectivity index (χ1) is 62.9. The molecule has 0 atom stereocenters. The molecule has 135 heavy (non-hydrogen) atoms. The largest absolute Gasteiger partial charge is 1.00 e. The molecule has 704 valence electrons. The summed E-state index contributed by atoms with van der Waals surface area (Å²) in [5.41, 5.74) is 8.67. The Morgan fingerprint density at radius 2 is 0.519 bits per heavy atom. The summed E-state index contributed by atoms with van der Waals surface area (Å²) in [6.45, 7) is 32.3. The van der Waals surface area contributed by atoms with Crippen LogP contribution < -0.4 is 118 Å². The zero-order valence-corrected chi connectivity index (χ0v) is 90.5. The molecule has 0 fully saturated rings. The van der Waals surface area contributed by atoms with E-state index < -0.39 is 26.5 Å². The zero-order valence-electron chi connectivity index (χ0n) is 81.4. The number of halogens is 2. The Morgan fingerprint density at radius 3 is 0.770 bits per heavy atom. The molecule has 0 aliphatic heterocycles. The van der Waals surface area contributed by atoms with Crippen molar-refractivity contribution in [1.82, 2.24) is 0 Å². The minimum absolute atomic E-state index is 0. The summed E-state index contributed by atoms with van der Waals surface area (Å²) < 4.78 is 25.1. The third kappa shape index (κ3) is 57.5. The Labute approximate surface area is 868 Å². The monoisotopic (exact) mass is 2010 g/mol. The molecule has 0 radical (unpaired) electrons. The van der Waals surface area contributed by atoms with Crippen molar-refractivity contribution in [1.29, 1.82) is 0 Å². The van der Waals surface area contributed by atoms with Gasteiger partial charge in [-0.2, -0.15) is 0 Å². The van der Waals surface area contributed by atoms with E-state index in [1.807, 2.05) is 182 Å². The Morgan fingerprint density at radius 1 is 0.281 bits per heavy atom. The standard InChI is InChI=1S/C25H26O2P.C22H22O2P.C21H28O4.C17H20O4.C17H22O3.C10H12O2.2BrH.2Na/c1-3-27-25(26)21(2)19-20-28(22-13-7-4-8-14-22,23-15-9-5-10-16-23)24-17-11-6-12-18-24;1-2-24-22(23)18-25(19-12-6-3-7-13-19,20-14-8-4-9-15-20)21-16-10-5-11-17-21;1-6-24-20(22)16-15-18(4)12-9-8-11-17(3)13-10-14-19(5)21(23)25-7-2;1-13(9-6-10-15(3)17(20)21)7-4-5-8-14(2)11-12-16(18)19;1-5-20-17(19)16(4)12-8-11-14(2)9-6-7-10-15(3)13-18;1-9(7-11)5-3-4-6-10(2)8-12;;;;/h4-19H,3,20H2,1-2H3;3-17H,2,18H2,1H3;8-16H,6-7H2,1-5H3;4-12H,1-3H3,(H,18,19)(H,20,21);6-13H,5H2,1-4H3;3-8H,1-2H3;2*1H;;/q2*+1;;;;;;;2*+1/p-3/b21-19+;;9-8+,13-10+,16-15+,17-11+,18-12+,19-14+;5-4+,9-6+,12-11+,13-7+,14-8+,15-10+;7-6+,11-8+,14-9+,15-10+,16-12+;4-3+,9-5+,10-6+;;;;. The first-order valence-electron chi connectivity index (χ1n) is 42.8. The van der Waals surface area contributed by atoms with Crippen LogP contribution in [0.4, 0.5) is 0 Å². The SMILES string of the molecule is Br.CC(/C=C/C=C(\C)C(=O)[O-])=C\C=C\C=C(C)\C=C\C(=O)[O-].CCOC(=O)/C(C)=C/C=C/C(C)=C/C=C/C=C(\C)C=O.CCOC(=O)/C(C)=C/C[P+](c1ccccc1)(c1ccccc1)c1ccccc1.CCOC(=O)/C=C/C(C)=C/C=C/C=C(C)/C=C/C=C(\C)C(=O)OCC.CCOC(=O)C[P+](c1ccccc1)(c1ccccc1)c1ccccc1.C\C(C=O)=C/C=C/C=C(\C)C=O.[Br-].[Na+].[Na+]. The number of aldehydes is 3. The molecular formula is C112H129Br2Na2O17P2+. The van der Waals surface area contributed by atoms with Crippen LogP contribution in [-0.4, -0.2) is 106 Å². The molecule has 6 aromatic carbocycles. The number of rotatable bonds is 40. The van der Waals surface area contributed by atoms with E-state index in [-0.39, 0.29) is 128 Å². The van der Waals surface area contributed by atoms with Gasteiger partial charge in [-0.3, -0.25) is 14.4 Å². The van der Waals surface area contributed by atoms with Gasteiger partial charge in [-0.15, -0.1) is 17.0 Å². The first kappa shape index (κ1) is 130. The number of allylic oxidation sites excluding steroid dienone is 36. The van der Waals surface area contributed by atoms with Gasteiger partial charge in [-0.1, -0.05) is 301 Å². The van der Waals surface area contributed by atoms with E-state index in [0.717, 1.165) is 59.0 Å². The number of carbonyl (C=O) groups is 10. The number of aliphatic carboxylic acids is 2. The van der Waals surface area contributed by atoms with Crippen molar-refractivity contribution in [3.8, 4) is 0 Å². The smallest absolute Gasteiger partial charge is 1.00 e. The molecule has 0 saturated heterocycles. The van der Waals surface area contributed by atoms with Crippen LogP contribution in [0.3, 0.4) is 0 Å². The van der Waals surface area contributed by atoms with Gasteiger partial charge < -0.3 is 60.5 Å². The zero-order chi connectivity index (χ0) is 97.5. The van der Waals surface area contributed by atoms with Gasteiger partial charge in [0.2, 0.25) is 0 Å². The molecule has 0 aliphatic carbocycles. The van der Waals surface area contributed by atoms with E-state index in [1.165, 1.54) is 57.0 Å². The quantitative estimate of drug-likeness (QED) is 0.00658. The molecule has 17 nitrogen and oxygen atoms in total. The Balaban J connectivity index is -0.000000769. The van der Waals surface area contributed by atoms with Crippen molar-refractivity contribution in [2.45, 2.75) is 118 Å². The van der Waals surface area contributed by atoms with Crippen LogP contribution in [0.2, 0.25) is 0 Å². The normalized spacial score (nSPS) is 12.6. The summed E-state index contributed by atoms with van der Waals surface area (Å²) in [4.78, 5) is 110. The van der Waals surface area contributed by atoms with Gasteiger partial charge in [0.1, 0.15) is 65.2 Å². The van der Waals surface area contributed by atoms with Crippen molar-refractivity contribution in [2.24, 2.45) is 0 Å². The predicted octanol–water partition coefficient (Wildman–Crippen LogP) is 10.8. The van der Waals surface area contributed by atoms with Crippen LogP contribution in [0.5, 0.6) is 0 Å². The molecule has 0 heterocycles. The third-order valence-electron chi connectivity index (χ3n) is 17.9. The van der Waals surface area contributed by atoms with Crippen LogP contribution >= 0.6 is 31.5 Å². The van der Waals surface area contributed by atoms with E-state index in [4.69, 9.17) is 23.7 Å². The Hall–Kier alpha value is -11.0. The van der Waals surface area contributed by atoms with Gasteiger partial charge >= 0.3 is 89.0 Å². The van der Waals surface area contributed by atoms with Crippen LogP contribution in [-0.2, 0) is 71.6 Å². The first-order valence-corrected chi connectivity index (χ1v) is 46.7. The molecule has 0 bridgehead atoms. The minimum Gasteiger partial charge on any atom is -1.00 e. The average Bonchev–Trinajstić information content (AvgIpc) is 0.768. The molecule has 6 rings (SSSR count). The van der Waals surface area contributed by atoms with Crippen LogP contribution in [0.15, 0.2) is 431 Å². The van der Waals surface area contributed by atoms with Gasteiger partial charge in [0.05, 0.1) is 51.1 Å². The number of hydrogen-bond donors (Lipinski definition) is 0. The average molecular weight is 2010 g/mol. The molecule has 0 aliphatic rings. The van der Waals surface area contributed by atoms with Gasteiger partial charge in [-0.25, -0.2) is 24.0 Å². The minimum atomic E-state index is -2.11. The fourth-order valence-electron chi connectivity index (χ4n) is 11.0. The molecule has 0 aromatic heterocycles. The Kier molecular flexibility index (Phi) is 77.5. The summed E-state index contributed by atoms with van der Waals surface area (Å²) in [7, 11) is -4.06. The number of ether oxygens (including phenoxy) is 5. The van der Waals surface area contributed by atoms with E-state index in [0.29, 0.717) is 72.6 Å². The molecule has 6 aromatic rings. The fraction of sp³-hybridized carbons (Fsp3) is 0.214. The number of carboxylic acid groups (broad SMARTS) is 2. The predicted molar refractivity (Wildman–Crippen MR) is 549 cm³/mol. The van der Waals surface area contributed by atoms with Crippen molar-refractivity contribution < 1.29 is 158 Å². The van der Waals surface area contributed by atoms with E-state index in [1.54, 1.807) is 153 Å². The second-order valence-electron chi connectivity index (χ2n) is 28.7. The second-order valence-corrected chi connectivity index (χ2v) is 35.7. The molecule has 0 saturated carbocycles. The Bertz CT molecular complexity index is 5070. The van der Waals surface area contributed by atoms with Crippen LogP contribution in [0.1, 0.15) is 118 Å². The van der Waals surface area contributed by atoms with Gasteiger partial charge in [-0.05, 0) is 225 Å². The molecule has 0 unspecified atom stereocenters. The number of benzene rings is 6. The molecule has 0 spiro atoms. The summed E-state index contributed by atoms with van der Waals surface area (Å²) in [5.74, 6) is -3.74. The topological polar surface area (TPSA) is 263 Å². The number of hydrogen-bond acceptors (Lipinski definition) is 17. The summed E-state index contributed by atoms with van der Waals surface area (Å²) in [5, 5.41) is 28.2. The maximum Gasteiger partial charge on any atom is 1.00 e. The summed E-state index contributed by atoms with van der Waals surface area (Å²) in [6.07, 6.45) is 55.8. The van der Waals surface area contributed by atoms with Crippen molar-refractivity contribution >= 4 is 124 Å². The maximum absolute atomic E-state index is 12.6. The summed E-state index contributed by atoms with van der Waals surface area (Å²) in [6, 6.07) is 63.1. The van der Waals surface area contributed by atoms with Gasteiger partial charge in [0, 0.05) is 22.8 Å². The van der Waals surface area contributed by atoms with Gasteiger partial charge in [0.25, 0.3) is 0 Å². The van der Waals surface area contributed by atoms with Crippen molar-refractivity contribution in [3.05, 3.63) is 431 Å². The van der Waals surface area contributed by atoms with E-state index in [9.17, 15) is 58.2 Å². The summed E-state index contributed by atoms with van der Waals surface area (Å²) >= 11 is 0. The molecule has 0 N–H and O–H groups in total. The molecular weight excluding hydrogens is 1880 g/mol.